The predicted octanol–water partition coefficient (Wildman–Crippen LogP) is 5.18. The summed E-state index contributed by atoms with van der Waals surface area (Å²) in [5.41, 5.74) is 6.44. The monoisotopic (exact) mass is 336 g/mol. The van der Waals surface area contributed by atoms with E-state index >= 15 is 0 Å². The van der Waals surface area contributed by atoms with Crippen LogP contribution in [0.2, 0.25) is 0 Å². The van der Waals surface area contributed by atoms with Crippen molar-refractivity contribution >= 4 is 0 Å². The van der Waals surface area contributed by atoms with E-state index in [9.17, 15) is 9.50 Å². The molecule has 0 aliphatic carbocycles. The SMILES string of the molecule is Cc1cc(C)c(-c2cccc(CO)c2)c(COc2ccc(F)cc2)c1. The Hall–Kier alpha value is -2.65. The number of rotatable bonds is 5. The standard InChI is InChI=1S/C22H21FO2/c1-15-10-16(2)22(18-5-3-4-17(12-18)13-24)19(11-15)14-25-21-8-6-20(23)7-9-21/h3-12,24H,13-14H2,1-2H3. The average molecular weight is 336 g/mol. The highest BCUT2D eigenvalue weighted by Gasteiger charge is 2.11. The van der Waals surface area contributed by atoms with Crippen molar-refractivity contribution in [2.75, 3.05) is 0 Å². The maximum atomic E-state index is 13.0. The van der Waals surface area contributed by atoms with Crippen LogP contribution in [0.25, 0.3) is 11.1 Å². The van der Waals surface area contributed by atoms with Gasteiger partial charge in [0, 0.05) is 0 Å². The molecule has 0 spiro atoms. The first kappa shape index (κ1) is 17.2. The van der Waals surface area contributed by atoms with Crippen molar-refractivity contribution in [2.24, 2.45) is 0 Å². The van der Waals surface area contributed by atoms with E-state index in [2.05, 4.69) is 26.0 Å². The lowest BCUT2D eigenvalue weighted by Gasteiger charge is -2.16. The number of ether oxygens (including phenoxy) is 1. The smallest absolute Gasteiger partial charge is 0.123 e. The number of halogens is 1. The average Bonchev–Trinajstić information content (AvgIpc) is 2.61. The third-order valence-corrected chi connectivity index (χ3v) is 4.17. The van der Waals surface area contributed by atoms with E-state index in [1.807, 2.05) is 24.3 Å². The topological polar surface area (TPSA) is 29.5 Å². The highest BCUT2D eigenvalue weighted by molar-refractivity contribution is 5.72. The molecular formula is C22H21FO2. The molecule has 0 aromatic heterocycles. The van der Waals surface area contributed by atoms with Gasteiger partial charge in [0.1, 0.15) is 18.2 Å². The fourth-order valence-electron chi connectivity index (χ4n) is 3.10. The van der Waals surface area contributed by atoms with Gasteiger partial charge in [-0.2, -0.15) is 0 Å². The predicted molar refractivity (Wildman–Crippen MR) is 98.0 cm³/mol. The van der Waals surface area contributed by atoms with Gasteiger partial charge in [-0.05, 0) is 72.0 Å². The highest BCUT2D eigenvalue weighted by Crippen LogP contribution is 2.30. The summed E-state index contributed by atoms with van der Waals surface area (Å²) in [4.78, 5) is 0. The van der Waals surface area contributed by atoms with Crippen molar-refractivity contribution in [1.29, 1.82) is 0 Å². The minimum absolute atomic E-state index is 0.0140. The summed E-state index contributed by atoms with van der Waals surface area (Å²) in [5, 5.41) is 9.41. The minimum Gasteiger partial charge on any atom is -0.489 e. The van der Waals surface area contributed by atoms with Crippen molar-refractivity contribution < 1.29 is 14.2 Å². The van der Waals surface area contributed by atoms with Crippen molar-refractivity contribution in [1.82, 2.24) is 0 Å². The van der Waals surface area contributed by atoms with Gasteiger partial charge in [-0.3, -0.25) is 0 Å². The van der Waals surface area contributed by atoms with Crippen molar-refractivity contribution in [3.63, 3.8) is 0 Å². The number of hydrogen-bond acceptors (Lipinski definition) is 2. The van der Waals surface area contributed by atoms with Crippen LogP contribution in [0.5, 0.6) is 5.75 Å². The molecule has 1 N–H and O–H groups in total. The van der Waals surface area contributed by atoms with E-state index in [4.69, 9.17) is 4.74 Å². The van der Waals surface area contributed by atoms with Crippen LogP contribution in [-0.2, 0) is 13.2 Å². The number of benzene rings is 3. The van der Waals surface area contributed by atoms with Gasteiger partial charge < -0.3 is 9.84 Å². The van der Waals surface area contributed by atoms with Crippen LogP contribution in [-0.4, -0.2) is 5.11 Å². The van der Waals surface area contributed by atoms with Gasteiger partial charge in [0.05, 0.1) is 6.61 Å². The lowest BCUT2D eigenvalue weighted by Crippen LogP contribution is -2.01. The van der Waals surface area contributed by atoms with Crippen LogP contribution >= 0.6 is 0 Å². The third kappa shape index (κ3) is 4.06. The Morgan fingerprint density at radius 1 is 0.960 bits per heavy atom. The fraction of sp³-hybridized carbons (Fsp3) is 0.182. The molecule has 3 aromatic carbocycles. The van der Waals surface area contributed by atoms with E-state index in [0.29, 0.717) is 12.4 Å². The van der Waals surface area contributed by atoms with E-state index in [1.165, 1.54) is 12.1 Å². The highest BCUT2D eigenvalue weighted by atomic mass is 19.1. The maximum absolute atomic E-state index is 13.0. The largest absolute Gasteiger partial charge is 0.489 e. The van der Waals surface area contributed by atoms with Crippen molar-refractivity contribution in [3.05, 3.63) is 88.7 Å². The molecule has 0 heterocycles. The third-order valence-electron chi connectivity index (χ3n) is 4.17. The zero-order valence-electron chi connectivity index (χ0n) is 14.4. The minimum atomic E-state index is -0.278. The summed E-state index contributed by atoms with van der Waals surface area (Å²) in [5.74, 6) is 0.357. The van der Waals surface area contributed by atoms with Gasteiger partial charge in [-0.25, -0.2) is 4.39 Å². The number of aryl methyl sites for hydroxylation is 2. The number of aliphatic hydroxyl groups excluding tert-OH is 1. The number of aliphatic hydroxyl groups is 1. The Kier molecular flexibility index (Phi) is 5.15. The zero-order chi connectivity index (χ0) is 17.8. The van der Waals surface area contributed by atoms with Crippen LogP contribution in [0, 0.1) is 19.7 Å². The molecule has 25 heavy (non-hydrogen) atoms. The van der Waals surface area contributed by atoms with Crippen LogP contribution in [0.1, 0.15) is 22.3 Å². The van der Waals surface area contributed by atoms with E-state index < -0.39 is 0 Å². The molecule has 0 atom stereocenters. The Balaban J connectivity index is 1.96. The molecule has 3 heteroatoms. The van der Waals surface area contributed by atoms with E-state index in [0.717, 1.165) is 33.4 Å². The quantitative estimate of drug-likeness (QED) is 0.695. The normalized spacial score (nSPS) is 10.7. The molecule has 0 saturated heterocycles. The summed E-state index contributed by atoms with van der Waals surface area (Å²) < 4.78 is 18.9. The van der Waals surface area contributed by atoms with E-state index in [-0.39, 0.29) is 12.4 Å². The van der Waals surface area contributed by atoms with Gasteiger partial charge in [-0.15, -0.1) is 0 Å². The van der Waals surface area contributed by atoms with Crippen molar-refractivity contribution in [3.8, 4) is 16.9 Å². The summed E-state index contributed by atoms with van der Waals surface area (Å²) >= 11 is 0. The Labute approximate surface area is 147 Å². The summed E-state index contributed by atoms with van der Waals surface area (Å²) in [7, 11) is 0. The molecule has 0 aliphatic heterocycles. The molecule has 3 rings (SSSR count). The molecule has 0 fully saturated rings. The summed E-state index contributed by atoms with van der Waals surface area (Å²) in [6.07, 6.45) is 0. The van der Waals surface area contributed by atoms with Gasteiger partial charge in [0.25, 0.3) is 0 Å². The van der Waals surface area contributed by atoms with Crippen LogP contribution in [0.4, 0.5) is 4.39 Å². The summed E-state index contributed by atoms with van der Waals surface area (Å²) in [6, 6.07) is 18.2. The fourth-order valence-corrected chi connectivity index (χ4v) is 3.10. The maximum Gasteiger partial charge on any atom is 0.123 e. The van der Waals surface area contributed by atoms with Crippen LogP contribution < -0.4 is 4.74 Å². The molecule has 0 bridgehead atoms. The first-order valence-electron chi connectivity index (χ1n) is 8.25. The lowest BCUT2D eigenvalue weighted by molar-refractivity contribution is 0.282. The first-order chi connectivity index (χ1) is 12.1. The van der Waals surface area contributed by atoms with Gasteiger partial charge in [0.2, 0.25) is 0 Å². The second-order valence-corrected chi connectivity index (χ2v) is 6.22. The van der Waals surface area contributed by atoms with E-state index in [1.54, 1.807) is 12.1 Å². The van der Waals surface area contributed by atoms with Crippen LogP contribution in [0.15, 0.2) is 60.7 Å². The molecule has 128 valence electrons. The first-order valence-corrected chi connectivity index (χ1v) is 8.25. The molecule has 0 unspecified atom stereocenters. The second kappa shape index (κ2) is 7.49. The van der Waals surface area contributed by atoms with Gasteiger partial charge in [-0.1, -0.05) is 35.9 Å². The molecule has 0 aliphatic rings. The summed E-state index contributed by atoms with van der Waals surface area (Å²) in [6.45, 7) is 4.55. The molecular weight excluding hydrogens is 315 g/mol. The van der Waals surface area contributed by atoms with Crippen LogP contribution in [0.3, 0.4) is 0 Å². The molecule has 3 aromatic rings. The second-order valence-electron chi connectivity index (χ2n) is 6.22. The Morgan fingerprint density at radius 2 is 1.72 bits per heavy atom. The number of hydrogen-bond donors (Lipinski definition) is 1. The molecule has 2 nitrogen and oxygen atoms in total. The Bertz CT molecular complexity index is 870. The zero-order valence-corrected chi connectivity index (χ0v) is 14.4. The van der Waals surface area contributed by atoms with Gasteiger partial charge in [0.15, 0.2) is 0 Å². The van der Waals surface area contributed by atoms with Gasteiger partial charge >= 0.3 is 0 Å². The molecule has 0 radical (unpaired) electrons. The Morgan fingerprint density at radius 3 is 2.44 bits per heavy atom. The van der Waals surface area contributed by atoms with Crippen molar-refractivity contribution in [2.45, 2.75) is 27.1 Å². The molecule has 0 amide bonds. The molecule has 0 saturated carbocycles. The lowest BCUT2D eigenvalue weighted by atomic mass is 9.92.